The van der Waals surface area contributed by atoms with Crippen molar-refractivity contribution >= 4 is 55.3 Å². The number of nitrogens with one attached hydrogen (secondary N) is 2. The summed E-state index contributed by atoms with van der Waals surface area (Å²) >= 11 is 0. The number of rotatable bonds is 25. The molecule has 4 aliphatic rings. The Morgan fingerprint density at radius 2 is 0.904 bits per heavy atom. The Kier molecular flexibility index (Phi) is 21.6. The summed E-state index contributed by atoms with van der Waals surface area (Å²) in [6, 6.07) is 41.3. The van der Waals surface area contributed by atoms with Crippen molar-refractivity contribution in [2.45, 2.75) is 75.5 Å². The number of carbonyl (C=O) groups is 4. The van der Waals surface area contributed by atoms with E-state index in [4.69, 9.17) is 23.5 Å². The topological polar surface area (TPSA) is 255 Å². The summed E-state index contributed by atoms with van der Waals surface area (Å²) in [5, 5.41) is 4.15. The Bertz CT molecular complexity index is 4100. The van der Waals surface area contributed by atoms with Gasteiger partial charge in [-0.1, -0.05) is 84.9 Å². The minimum Gasteiger partial charge on any atom is -0.493 e. The fourth-order valence-corrected chi connectivity index (χ4v) is 14.9. The number of sulfonamides is 1. The zero-order valence-corrected chi connectivity index (χ0v) is 55.9. The van der Waals surface area contributed by atoms with Crippen molar-refractivity contribution in [2.75, 3.05) is 104 Å². The number of methoxy groups -OCH3 is 4. The van der Waals surface area contributed by atoms with Gasteiger partial charge in [-0.25, -0.2) is 13.1 Å². The highest BCUT2D eigenvalue weighted by Gasteiger charge is 2.45. The van der Waals surface area contributed by atoms with E-state index in [1.807, 2.05) is 54.6 Å². The van der Waals surface area contributed by atoms with E-state index in [9.17, 15) is 36.0 Å². The molecule has 4 amide bonds. The van der Waals surface area contributed by atoms with E-state index in [2.05, 4.69) is 84.4 Å². The van der Waals surface area contributed by atoms with Gasteiger partial charge in [0.2, 0.25) is 10.0 Å². The zero-order valence-electron chi connectivity index (χ0n) is 54.2. The molecule has 0 saturated carbocycles. The number of piperazine rings is 2. The highest BCUT2D eigenvalue weighted by atomic mass is 32.2. The molecule has 25 heteroatoms. The molecule has 6 aromatic carbocycles. The number of benzene rings is 6. The van der Waals surface area contributed by atoms with Gasteiger partial charge >= 0.3 is 10.3 Å². The van der Waals surface area contributed by atoms with Gasteiger partial charge in [-0.05, 0) is 117 Å². The first-order valence-electron chi connectivity index (χ1n) is 31.4. The van der Waals surface area contributed by atoms with Crippen LogP contribution in [0.3, 0.4) is 0 Å². The number of nitrogens with zero attached hydrogens (tertiary/aromatic N) is 8. The second-order valence-electron chi connectivity index (χ2n) is 23.6. The third-order valence-corrected chi connectivity index (χ3v) is 20.3. The second-order valence-corrected chi connectivity index (χ2v) is 26.6. The molecular weight excluding hydrogens is 1240 g/mol. The lowest BCUT2D eigenvalue weighted by molar-refractivity contribution is 0.0557. The molecular formula is C69H82N10O13S2. The molecule has 498 valence electrons. The van der Waals surface area contributed by atoms with Gasteiger partial charge in [0.05, 0.1) is 79.8 Å². The van der Waals surface area contributed by atoms with Crippen molar-refractivity contribution in [1.82, 2.24) is 38.8 Å². The van der Waals surface area contributed by atoms with Crippen LogP contribution in [0.4, 0.5) is 11.4 Å². The number of hydrogen-bond acceptors (Lipinski definition) is 17. The Morgan fingerprint density at radius 1 is 0.500 bits per heavy atom. The van der Waals surface area contributed by atoms with Crippen LogP contribution in [0.1, 0.15) is 133 Å². The quantitative estimate of drug-likeness (QED) is 0.0274. The van der Waals surface area contributed by atoms with Crippen molar-refractivity contribution in [2.24, 2.45) is 7.05 Å². The molecule has 11 rings (SSSR count). The number of ether oxygens (including phenoxy) is 4. The van der Waals surface area contributed by atoms with E-state index in [0.717, 1.165) is 37.6 Å². The normalized spacial score (nSPS) is 16.7. The van der Waals surface area contributed by atoms with Gasteiger partial charge < -0.3 is 28.7 Å². The van der Waals surface area contributed by atoms with Crippen LogP contribution >= 0.6 is 0 Å². The number of anilines is 2. The minimum absolute atomic E-state index is 0.0667. The molecule has 0 bridgehead atoms. The third kappa shape index (κ3) is 14.8. The van der Waals surface area contributed by atoms with Crippen molar-refractivity contribution in [3.63, 3.8) is 0 Å². The maximum atomic E-state index is 14.4. The molecule has 4 atom stereocenters. The number of amides is 4. The van der Waals surface area contributed by atoms with E-state index in [0.29, 0.717) is 101 Å². The minimum atomic E-state index is -4.38. The second kappa shape index (κ2) is 29.7. The van der Waals surface area contributed by atoms with Crippen molar-refractivity contribution in [1.29, 1.82) is 0 Å². The molecule has 0 aliphatic carbocycles. The molecule has 94 heavy (non-hydrogen) atoms. The standard InChI is InChI=1S/C37H44N6O6S.C32H38N4O7S/c1-25-34(24-40(3)39-25)50(46,47)38-18-10-15-30(28-16-17-32(48-4)33(23-28)49-5)43-36(44)29-13-9-14-31(35(29)37(43)45)42-21-19-41(20-22-42)26(2)27-11-7-6-8-12-27;1-22(23-9-5-4-6-10-23)34-17-19-35(20-18-34)27-12-7-11-25-30(27)32(38)36(31(25)37)26(13-8-16-33-44(39,40)41)24-14-15-28(42-2)29(21-24)43-3/h6-9,11-14,16-17,23-24,26,30,38H,10,15,18-22H2,1-5H3;4-7,9-12,14-15,21-22,26,33H,8,13,16-20H2,1-3H3,(H,39,40,41)/t26-,30-;22-,26-/m11/s1. The highest BCUT2D eigenvalue weighted by molar-refractivity contribution is 7.89. The van der Waals surface area contributed by atoms with Gasteiger partial charge in [-0.2, -0.15) is 18.2 Å². The maximum absolute atomic E-state index is 14.4. The van der Waals surface area contributed by atoms with Gasteiger partial charge in [0.1, 0.15) is 4.90 Å². The molecule has 2 fully saturated rings. The van der Waals surface area contributed by atoms with Gasteiger partial charge in [0.25, 0.3) is 23.6 Å². The van der Waals surface area contributed by atoms with E-state index in [1.165, 1.54) is 53.1 Å². The molecule has 2 saturated heterocycles. The lowest BCUT2D eigenvalue weighted by Crippen LogP contribution is -2.47. The van der Waals surface area contributed by atoms with E-state index in [-0.39, 0.29) is 54.7 Å². The van der Waals surface area contributed by atoms with Crippen LogP contribution in [0, 0.1) is 6.92 Å². The van der Waals surface area contributed by atoms with Gasteiger partial charge in [0.15, 0.2) is 23.0 Å². The largest absolute Gasteiger partial charge is 0.493 e. The summed E-state index contributed by atoms with van der Waals surface area (Å²) in [4.78, 5) is 68.6. The lowest BCUT2D eigenvalue weighted by Gasteiger charge is -2.39. The maximum Gasteiger partial charge on any atom is 0.333 e. The van der Waals surface area contributed by atoms with Crippen LogP contribution in [0.2, 0.25) is 0 Å². The summed E-state index contributed by atoms with van der Waals surface area (Å²) in [6.07, 6.45) is 2.61. The fourth-order valence-electron chi connectivity index (χ4n) is 13.2. The molecule has 0 spiro atoms. The molecule has 0 radical (unpaired) electrons. The molecule has 5 heterocycles. The van der Waals surface area contributed by atoms with Crippen LogP contribution in [0.15, 0.2) is 145 Å². The predicted octanol–water partition coefficient (Wildman–Crippen LogP) is 8.82. The van der Waals surface area contributed by atoms with Gasteiger partial charge in [-0.15, -0.1) is 0 Å². The summed E-state index contributed by atoms with van der Waals surface area (Å²) in [5.74, 6) is 0.345. The van der Waals surface area contributed by atoms with Crippen molar-refractivity contribution < 1.29 is 59.5 Å². The summed E-state index contributed by atoms with van der Waals surface area (Å²) in [6.45, 7) is 12.2. The smallest absolute Gasteiger partial charge is 0.333 e. The van der Waals surface area contributed by atoms with Crippen LogP contribution in [-0.4, -0.2) is 168 Å². The monoisotopic (exact) mass is 1320 g/mol. The number of aromatic nitrogens is 2. The highest BCUT2D eigenvalue weighted by Crippen LogP contribution is 2.43. The molecule has 7 aromatic rings. The first-order valence-corrected chi connectivity index (χ1v) is 34.3. The summed E-state index contributed by atoms with van der Waals surface area (Å²) in [7, 11) is -0.429. The molecule has 4 aliphatic heterocycles. The number of fused-ring (bicyclic) bond motifs is 2. The van der Waals surface area contributed by atoms with Crippen molar-refractivity contribution in [3.8, 4) is 23.0 Å². The average Bonchev–Trinajstić information content (AvgIpc) is 1.60. The Hall–Kier alpha value is -8.69. The number of aryl methyl sites for hydroxylation is 2. The SMILES string of the molecule is COc1ccc([C@@H](CCCNS(=O)(=O)O)N2C(=O)c3cccc(N4CCN([C@H](C)c5ccccc5)CC4)c3C2=O)cc1OC.COc1ccc([C@@H](CCCNS(=O)(=O)c2cn(C)nc2C)N2C(=O)c3cccc(N4CCN([C@H](C)c5ccccc5)CC4)c3C2=O)cc1OC. The first kappa shape index (κ1) is 68.2. The fraction of sp³-hybridized carbons (Fsp3) is 0.377. The third-order valence-electron chi connectivity index (χ3n) is 18.2. The van der Waals surface area contributed by atoms with E-state index >= 15 is 0 Å². The number of hydrogen-bond donors (Lipinski definition) is 3. The zero-order chi connectivity index (χ0) is 67.0. The number of imide groups is 2. The molecule has 23 nitrogen and oxygen atoms in total. The lowest BCUT2D eigenvalue weighted by atomic mass is 9.99. The molecule has 1 aromatic heterocycles. The first-order chi connectivity index (χ1) is 45.2. The predicted molar refractivity (Wildman–Crippen MR) is 357 cm³/mol. The Balaban J connectivity index is 0.000000207. The molecule has 3 N–H and O–H groups in total. The van der Waals surface area contributed by atoms with Crippen LogP contribution in [0.5, 0.6) is 23.0 Å². The average molecular weight is 1320 g/mol. The number of carbonyl (C=O) groups excluding carboxylic acids is 4. The van der Waals surface area contributed by atoms with Crippen LogP contribution < -0.4 is 38.2 Å². The van der Waals surface area contributed by atoms with E-state index < -0.39 is 44.2 Å². The van der Waals surface area contributed by atoms with Crippen LogP contribution in [0.25, 0.3) is 0 Å². The Labute approximate surface area is 550 Å². The van der Waals surface area contributed by atoms with Gasteiger partial charge in [0, 0.05) is 90.8 Å². The van der Waals surface area contributed by atoms with Gasteiger partial charge in [-0.3, -0.25) is 48.0 Å². The summed E-state index contributed by atoms with van der Waals surface area (Å²) in [5.41, 5.74) is 7.20. The van der Waals surface area contributed by atoms with E-state index in [1.54, 1.807) is 63.5 Å². The van der Waals surface area contributed by atoms with Crippen molar-refractivity contribution in [3.05, 3.63) is 190 Å². The Morgan fingerprint density at radius 3 is 1.28 bits per heavy atom. The van der Waals surface area contributed by atoms with Crippen LogP contribution in [-0.2, 0) is 27.4 Å². The molecule has 0 unspecified atom stereocenters. The summed E-state index contributed by atoms with van der Waals surface area (Å²) < 4.78 is 85.6.